The van der Waals surface area contributed by atoms with Gasteiger partial charge in [0, 0.05) is 5.56 Å². The molecule has 0 saturated carbocycles. The lowest BCUT2D eigenvalue weighted by atomic mass is 10.1. The van der Waals surface area contributed by atoms with Crippen molar-refractivity contribution in [3.05, 3.63) is 63.6 Å². The fourth-order valence-electron chi connectivity index (χ4n) is 1.82. The van der Waals surface area contributed by atoms with Gasteiger partial charge in [-0.3, -0.25) is 4.79 Å². The molecular formula is C17H14Cl2O3. The average molecular weight is 337 g/mol. The van der Waals surface area contributed by atoms with Crippen LogP contribution in [0.3, 0.4) is 0 Å². The highest BCUT2D eigenvalue weighted by Gasteiger charge is 2.06. The Hall–Kier alpha value is -1.97. The Morgan fingerprint density at radius 1 is 1.18 bits per heavy atom. The number of aromatic hydroxyl groups is 1. The van der Waals surface area contributed by atoms with E-state index in [4.69, 9.17) is 27.9 Å². The first-order valence-electron chi connectivity index (χ1n) is 6.64. The van der Waals surface area contributed by atoms with Crippen LogP contribution in [0.15, 0.2) is 42.5 Å². The third kappa shape index (κ3) is 4.03. The Kier molecular flexibility index (Phi) is 5.47. The number of benzene rings is 2. The summed E-state index contributed by atoms with van der Waals surface area (Å²) in [6.07, 6.45) is 3.08. The number of phenols is 1. The molecule has 5 heteroatoms. The topological polar surface area (TPSA) is 46.5 Å². The molecule has 0 aliphatic heterocycles. The molecule has 0 heterocycles. The van der Waals surface area contributed by atoms with Crippen LogP contribution in [-0.4, -0.2) is 17.5 Å². The number of hydrogen-bond acceptors (Lipinski definition) is 3. The first-order chi connectivity index (χ1) is 10.5. The summed E-state index contributed by atoms with van der Waals surface area (Å²) in [7, 11) is 0. The summed E-state index contributed by atoms with van der Waals surface area (Å²) in [5.74, 6) is 0.256. The maximum atomic E-state index is 12.1. The zero-order chi connectivity index (χ0) is 16.1. The van der Waals surface area contributed by atoms with Crippen molar-refractivity contribution < 1.29 is 14.6 Å². The molecule has 0 aliphatic rings. The zero-order valence-electron chi connectivity index (χ0n) is 11.8. The normalized spacial score (nSPS) is 10.9. The smallest absolute Gasteiger partial charge is 0.185 e. The Bertz CT molecular complexity index is 724. The lowest BCUT2D eigenvalue weighted by molar-refractivity contribution is 0.104. The second kappa shape index (κ2) is 7.34. The van der Waals surface area contributed by atoms with Crippen LogP contribution in [0.4, 0.5) is 0 Å². The van der Waals surface area contributed by atoms with Gasteiger partial charge in [0.05, 0.1) is 16.7 Å². The summed E-state index contributed by atoms with van der Waals surface area (Å²) in [5.41, 5.74) is 1.20. The van der Waals surface area contributed by atoms with E-state index in [9.17, 15) is 9.90 Å². The predicted molar refractivity (Wildman–Crippen MR) is 89.1 cm³/mol. The molecule has 0 spiro atoms. The van der Waals surface area contributed by atoms with Gasteiger partial charge < -0.3 is 9.84 Å². The van der Waals surface area contributed by atoms with Crippen LogP contribution < -0.4 is 4.74 Å². The van der Waals surface area contributed by atoms with Gasteiger partial charge in [-0.2, -0.15) is 0 Å². The molecule has 0 unspecified atom stereocenters. The van der Waals surface area contributed by atoms with Gasteiger partial charge in [0.2, 0.25) is 0 Å². The maximum absolute atomic E-state index is 12.1. The lowest BCUT2D eigenvalue weighted by Crippen LogP contribution is -1.94. The largest absolute Gasteiger partial charge is 0.504 e. The molecule has 0 aliphatic carbocycles. The molecule has 0 amide bonds. The monoisotopic (exact) mass is 336 g/mol. The van der Waals surface area contributed by atoms with Crippen molar-refractivity contribution >= 4 is 35.1 Å². The summed E-state index contributed by atoms with van der Waals surface area (Å²) < 4.78 is 5.30. The molecule has 2 aromatic rings. The Morgan fingerprint density at radius 2 is 1.95 bits per heavy atom. The summed E-state index contributed by atoms with van der Waals surface area (Å²) in [6, 6.07) is 9.60. The van der Waals surface area contributed by atoms with E-state index in [0.29, 0.717) is 28.0 Å². The predicted octanol–water partition coefficient (Wildman–Crippen LogP) is 4.99. The van der Waals surface area contributed by atoms with E-state index in [0.717, 1.165) is 5.56 Å². The van der Waals surface area contributed by atoms with Crippen molar-refractivity contribution in [2.45, 2.75) is 6.92 Å². The summed E-state index contributed by atoms with van der Waals surface area (Å²) in [5, 5.41) is 10.4. The molecule has 0 saturated heterocycles. The molecule has 0 atom stereocenters. The van der Waals surface area contributed by atoms with Gasteiger partial charge >= 0.3 is 0 Å². The third-order valence-corrected chi connectivity index (χ3v) is 3.65. The minimum absolute atomic E-state index is 0.0646. The van der Waals surface area contributed by atoms with Crippen LogP contribution in [0.1, 0.15) is 22.8 Å². The molecule has 114 valence electrons. The van der Waals surface area contributed by atoms with Gasteiger partial charge in [0.15, 0.2) is 17.3 Å². The summed E-state index contributed by atoms with van der Waals surface area (Å²) in [4.78, 5) is 12.1. The molecule has 0 aromatic heterocycles. The molecule has 0 bridgehead atoms. The fourth-order valence-corrected chi connectivity index (χ4v) is 2.12. The number of rotatable bonds is 5. The van der Waals surface area contributed by atoms with Crippen LogP contribution in [0, 0.1) is 0 Å². The Balaban J connectivity index is 2.18. The molecule has 3 nitrogen and oxygen atoms in total. The van der Waals surface area contributed by atoms with Crippen LogP contribution in [0.25, 0.3) is 6.08 Å². The zero-order valence-corrected chi connectivity index (χ0v) is 13.4. The molecule has 22 heavy (non-hydrogen) atoms. The van der Waals surface area contributed by atoms with Gasteiger partial charge in [-0.15, -0.1) is 0 Å². The van der Waals surface area contributed by atoms with E-state index in [1.54, 1.807) is 30.3 Å². The highest BCUT2D eigenvalue weighted by atomic mass is 35.5. The molecule has 1 N–H and O–H groups in total. The van der Waals surface area contributed by atoms with Crippen molar-refractivity contribution in [1.82, 2.24) is 0 Å². The third-order valence-electron chi connectivity index (χ3n) is 2.91. The van der Waals surface area contributed by atoms with E-state index in [2.05, 4.69) is 0 Å². The van der Waals surface area contributed by atoms with Crippen LogP contribution in [0.2, 0.25) is 10.0 Å². The van der Waals surface area contributed by atoms with Gasteiger partial charge in [-0.1, -0.05) is 35.3 Å². The van der Waals surface area contributed by atoms with Crippen molar-refractivity contribution in [1.29, 1.82) is 0 Å². The number of ketones is 1. The number of phenolic OH excluding ortho intramolecular Hbond substituents is 1. The van der Waals surface area contributed by atoms with Crippen LogP contribution in [-0.2, 0) is 0 Å². The van der Waals surface area contributed by atoms with E-state index in [1.165, 1.54) is 18.2 Å². The average Bonchev–Trinajstić information content (AvgIpc) is 2.50. The van der Waals surface area contributed by atoms with E-state index in [1.807, 2.05) is 6.92 Å². The summed E-state index contributed by atoms with van der Waals surface area (Å²) in [6.45, 7) is 2.28. The number of halogens is 2. The fraction of sp³-hybridized carbons (Fsp3) is 0.118. The first-order valence-corrected chi connectivity index (χ1v) is 7.40. The molecule has 2 rings (SSSR count). The molecule has 2 aromatic carbocycles. The highest BCUT2D eigenvalue weighted by Crippen LogP contribution is 2.27. The van der Waals surface area contributed by atoms with Crippen molar-refractivity contribution in [3.63, 3.8) is 0 Å². The van der Waals surface area contributed by atoms with Gasteiger partial charge in [-0.05, 0) is 48.9 Å². The second-order valence-electron chi connectivity index (χ2n) is 4.49. The molecule has 0 radical (unpaired) electrons. The SMILES string of the molecule is CCOc1cc(/C=C/C(=O)c2ccc(Cl)c(Cl)c2)ccc1O. The highest BCUT2D eigenvalue weighted by molar-refractivity contribution is 6.42. The van der Waals surface area contributed by atoms with Crippen LogP contribution >= 0.6 is 23.2 Å². The van der Waals surface area contributed by atoms with E-state index < -0.39 is 0 Å². The van der Waals surface area contributed by atoms with Gasteiger partial charge in [-0.25, -0.2) is 0 Å². The number of hydrogen-bond donors (Lipinski definition) is 1. The standard InChI is InChI=1S/C17H14Cl2O3/c1-2-22-17-9-11(4-8-16(17)21)3-7-15(20)12-5-6-13(18)14(19)10-12/h3-10,21H,2H2,1H3/b7-3+. The van der Waals surface area contributed by atoms with Crippen molar-refractivity contribution in [2.24, 2.45) is 0 Å². The summed E-state index contributed by atoms with van der Waals surface area (Å²) >= 11 is 11.7. The number of carbonyl (C=O) groups excluding carboxylic acids is 1. The Morgan fingerprint density at radius 3 is 2.64 bits per heavy atom. The minimum Gasteiger partial charge on any atom is -0.504 e. The van der Waals surface area contributed by atoms with E-state index >= 15 is 0 Å². The quantitative estimate of drug-likeness (QED) is 0.617. The van der Waals surface area contributed by atoms with Gasteiger partial charge in [0.25, 0.3) is 0 Å². The Labute approximate surface area is 138 Å². The second-order valence-corrected chi connectivity index (χ2v) is 5.30. The number of allylic oxidation sites excluding steroid dienone is 1. The van der Waals surface area contributed by atoms with Gasteiger partial charge in [0.1, 0.15) is 0 Å². The minimum atomic E-state index is -0.190. The number of ether oxygens (including phenoxy) is 1. The van der Waals surface area contributed by atoms with Crippen molar-refractivity contribution in [3.8, 4) is 11.5 Å². The lowest BCUT2D eigenvalue weighted by Gasteiger charge is -2.06. The number of carbonyl (C=O) groups is 1. The molecule has 0 fully saturated rings. The van der Waals surface area contributed by atoms with Crippen LogP contribution in [0.5, 0.6) is 11.5 Å². The van der Waals surface area contributed by atoms with Crippen molar-refractivity contribution in [2.75, 3.05) is 6.61 Å². The maximum Gasteiger partial charge on any atom is 0.185 e. The molecular weight excluding hydrogens is 323 g/mol. The van der Waals surface area contributed by atoms with E-state index in [-0.39, 0.29) is 11.5 Å². The first kappa shape index (κ1) is 16.4.